The number of rotatable bonds is 4. The second-order valence-corrected chi connectivity index (χ2v) is 6.72. The van der Waals surface area contributed by atoms with Crippen LogP contribution in [0.15, 0.2) is 6.20 Å². The molecule has 0 saturated carbocycles. The van der Waals surface area contributed by atoms with E-state index in [0.29, 0.717) is 18.7 Å². The molecule has 1 N–H and O–H groups in total. The summed E-state index contributed by atoms with van der Waals surface area (Å²) in [6.07, 6.45) is 2.15. The van der Waals surface area contributed by atoms with Crippen molar-refractivity contribution in [2.24, 2.45) is 5.92 Å². The maximum atomic E-state index is 11.4. The summed E-state index contributed by atoms with van der Waals surface area (Å²) >= 11 is 0. The molecule has 1 aliphatic rings. The van der Waals surface area contributed by atoms with Crippen LogP contribution in [0.25, 0.3) is 0 Å². The number of sulfone groups is 1. The van der Waals surface area contributed by atoms with Gasteiger partial charge in [0.15, 0.2) is 9.84 Å². The topological polar surface area (TPSA) is 85.1 Å². The summed E-state index contributed by atoms with van der Waals surface area (Å²) < 4.78 is 24.4. The van der Waals surface area contributed by atoms with Crippen molar-refractivity contribution in [3.63, 3.8) is 0 Å². The fourth-order valence-corrected chi connectivity index (χ4v) is 4.02. The van der Waals surface area contributed by atoms with E-state index in [4.69, 9.17) is 0 Å². The Labute approximate surface area is 101 Å². The van der Waals surface area contributed by atoms with Crippen LogP contribution in [-0.4, -0.2) is 40.0 Å². The molecule has 1 aliphatic heterocycles. The molecule has 2 heterocycles. The third-order valence-electron chi connectivity index (χ3n) is 3.10. The van der Waals surface area contributed by atoms with E-state index in [9.17, 15) is 13.5 Å². The molecular weight excluding hydrogens is 242 g/mol. The number of aromatic nitrogens is 3. The average Bonchev–Trinajstić information content (AvgIpc) is 2.84. The third kappa shape index (κ3) is 2.66. The van der Waals surface area contributed by atoms with Gasteiger partial charge in [-0.2, -0.15) is 0 Å². The largest absolute Gasteiger partial charge is 0.386 e. The monoisotopic (exact) mass is 259 g/mol. The van der Waals surface area contributed by atoms with Crippen LogP contribution >= 0.6 is 0 Å². The summed E-state index contributed by atoms with van der Waals surface area (Å²) in [5.41, 5.74) is 0.619. The van der Waals surface area contributed by atoms with Crippen LogP contribution < -0.4 is 0 Å². The fraction of sp³-hybridized carbons (Fsp3) is 0.800. The molecule has 0 aliphatic carbocycles. The van der Waals surface area contributed by atoms with Crippen molar-refractivity contribution < 1.29 is 13.5 Å². The number of nitrogens with zero attached hydrogens (tertiary/aromatic N) is 3. The Kier molecular flexibility index (Phi) is 3.48. The molecule has 2 unspecified atom stereocenters. The van der Waals surface area contributed by atoms with Crippen LogP contribution in [0, 0.1) is 5.92 Å². The molecule has 1 fully saturated rings. The standard InChI is InChI=1S/C10H17N3O3S/c1-2-4-13-9(6-11-12-13)10(14)8-3-5-17(15,16)7-8/h6,8,10,14H,2-5,7H2,1H3. The van der Waals surface area contributed by atoms with E-state index in [1.807, 2.05) is 6.92 Å². The van der Waals surface area contributed by atoms with Crippen molar-refractivity contribution in [2.75, 3.05) is 11.5 Å². The summed E-state index contributed by atoms with van der Waals surface area (Å²) in [6, 6.07) is 0. The molecular formula is C10H17N3O3S. The molecule has 1 aromatic rings. The minimum absolute atomic E-state index is 0.0610. The van der Waals surface area contributed by atoms with Gasteiger partial charge in [0, 0.05) is 12.5 Å². The van der Waals surface area contributed by atoms with Crippen molar-refractivity contribution in [1.82, 2.24) is 15.0 Å². The Morgan fingerprint density at radius 2 is 2.41 bits per heavy atom. The van der Waals surface area contributed by atoms with Crippen LogP contribution in [0.2, 0.25) is 0 Å². The average molecular weight is 259 g/mol. The summed E-state index contributed by atoms with van der Waals surface area (Å²) in [6.45, 7) is 2.70. The molecule has 2 rings (SSSR count). The van der Waals surface area contributed by atoms with Crippen LogP contribution in [0.4, 0.5) is 0 Å². The molecule has 0 amide bonds. The Hall–Kier alpha value is -0.950. The quantitative estimate of drug-likeness (QED) is 0.832. The summed E-state index contributed by atoms with van der Waals surface area (Å²) in [5.74, 6) is 0.00401. The zero-order chi connectivity index (χ0) is 12.5. The van der Waals surface area contributed by atoms with Crippen molar-refractivity contribution in [3.8, 4) is 0 Å². The van der Waals surface area contributed by atoms with Gasteiger partial charge in [0.1, 0.15) is 6.10 Å². The molecule has 17 heavy (non-hydrogen) atoms. The predicted octanol–water partition coefficient (Wildman–Crippen LogP) is 0.156. The molecule has 1 aromatic heterocycles. The Morgan fingerprint density at radius 1 is 1.65 bits per heavy atom. The fourth-order valence-electron chi connectivity index (χ4n) is 2.19. The highest BCUT2D eigenvalue weighted by molar-refractivity contribution is 7.91. The van der Waals surface area contributed by atoms with Gasteiger partial charge in [-0.1, -0.05) is 12.1 Å². The molecule has 0 radical (unpaired) electrons. The number of aryl methyl sites for hydroxylation is 1. The van der Waals surface area contributed by atoms with Gasteiger partial charge in [0.25, 0.3) is 0 Å². The third-order valence-corrected chi connectivity index (χ3v) is 4.89. The highest BCUT2D eigenvalue weighted by Gasteiger charge is 2.35. The van der Waals surface area contributed by atoms with Crippen molar-refractivity contribution in [2.45, 2.75) is 32.4 Å². The van der Waals surface area contributed by atoms with Gasteiger partial charge >= 0.3 is 0 Å². The molecule has 6 nitrogen and oxygen atoms in total. The second kappa shape index (κ2) is 4.73. The minimum Gasteiger partial charge on any atom is -0.386 e. The first-order valence-electron chi connectivity index (χ1n) is 5.80. The van der Waals surface area contributed by atoms with Gasteiger partial charge < -0.3 is 5.11 Å². The number of aliphatic hydroxyl groups is 1. The summed E-state index contributed by atoms with van der Waals surface area (Å²) in [5, 5.41) is 17.8. The number of hydrogen-bond acceptors (Lipinski definition) is 5. The number of aliphatic hydroxyl groups excluding tert-OH is 1. The van der Waals surface area contributed by atoms with Gasteiger partial charge in [-0.15, -0.1) is 5.10 Å². The SMILES string of the molecule is CCCn1nncc1C(O)C1CCS(=O)(=O)C1. The Morgan fingerprint density at radius 3 is 3.00 bits per heavy atom. The van der Waals surface area contributed by atoms with E-state index in [-0.39, 0.29) is 17.4 Å². The van der Waals surface area contributed by atoms with E-state index < -0.39 is 15.9 Å². The van der Waals surface area contributed by atoms with Gasteiger partial charge in [-0.3, -0.25) is 0 Å². The Balaban J connectivity index is 2.14. The second-order valence-electron chi connectivity index (χ2n) is 4.49. The summed E-state index contributed by atoms with van der Waals surface area (Å²) in [4.78, 5) is 0. The van der Waals surface area contributed by atoms with Gasteiger partial charge in [-0.05, 0) is 12.8 Å². The lowest BCUT2D eigenvalue weighted by atomic mass is 10.00. The zero-order valence-corrected chi connectivity index (χ0v) is 10.6. The molecule has 2 atom stereocenters. The van der Waals surface area contributed by atoms with E-state index in [0.717, 1.165) is 6.42 Å². The maximum Gasteiger partial charge on any atom is 0.150 e. The van der Waals surface area contributed by atoms with Crippen LogP contribution in [-0.2, 0) is 16.4 Å². The summed E-state index contributed by atoms with van der Waals surface area (Å²) in [7, 11) is -2.97. The van der Waals surface area contributed by atoms with E-state index in [1.54, 1.807) is 4.68 Å². The molecule has 1 saturated heterocycles. The molecule has 96 valence electrons. The first-order valence-corrected chi connectivity index (χ1v) is 7.62. The predicted molar refractivity (Wildman–Crippen MR) is 62.0 cm³/mol. The lowest BCUT2D eigenvalue weighted by Crippen LogP contribution is -2.18. The van der Waals surface area contributed by atoms with E-state index in [1.165, 1.54) is 6.20 Å². The van der Waals surface area contributed by atoms with Gasteiger partial charge in [-0.25, -0.2) is 13.1 Å². The highest BCUT2D eigenvalue weighted by Crippen LogP contribution is 2.30. The molecule has 0 aromatic carbocycles. The van der Waals surface area contributed by atoms with E-state index in [2.05, 4.69) is 10.3 Å². The first-order chi connectivity index (χ1) is 8.03. The maximum absolute atomic E-state index is 11.4. The van der Waals surface area contributed by atoms with Gasteiger partial charge in [0.2, 0.25) is 0 Å². The van der Waals surface area contributed by atoms with E-state index >= 15 is 0 Å². The molecule has 0 bridgehead atoms. The smallest absolute Gasteiger partial charge is 0.150 e. The molecule has 7 heteroatoms. The van der Waals surface area contributed by atoms with Crippen molar-refractivity contribution >= 4 is 9.84 Å². The normalized spacial score (nSPS) is 24.9. The van der Waals surface area contributed by atoms with Crippen LogP contribution in [0.5, 0.6) is 0 Å². The molecule has 0 spiro atoms. The Bertz CT molecular complexity index is 483. The van der Waals surface area contributed by atoms with Crippen molar-refractivity contribution in [1.29, 1.82) is 0 Å². The minimum atomic E-state index is -2.97. The van der Waals surface area contributed by atoms with Crippen molar-refractivity contribution in [3.05, 3.63) is 11.9 Å². The highest BCUT2D eigenvalue weighted by atomic mass is 32.2. The first kappa shape index (κ1) is 12.5. The lowest BCUT2D eigenvalue weighted by molar-refractivity contribution is 0.111. The number of hydrogen-bond donors (Lipinski definition) is 1. The van der Waals surface area contributed by atoms with Crippen LogP contribution in [0.1, 0.15) is 31.6 Å². The zero-order valence-electron chi connectivity index (χ0n) is 9.78. The van der Waals surface area contributed by atoms with Crippen LogP contribution in [0.3, 0.4) is 0 Å². The van der Waals surface area contributed by atoms with Gasteiger partial charge in [0.05, 0.1) is 23.4 Å². The lowest BCUT2D eigenvalue weighted by Gasteiger charge is -2.17.